The Morgan fingerprint density at radius 3 is 2.12 bits per heavy atom. The van der Waals surface area contributed by atoms with Crippen LogP contribution in [0.1, 0.15) is 27.2 Å². The SMILES string of the molecule is CCC(C)=CC(C)=O. The lowest BCUT2D eigenvalue weighted by Crippen LogP contribution is -1.83. The van der Waals surface area contributed by atoms with Crippen molar-refractivity contribution in [1.29, 1.82) is 0 Å². The molecule has 0 aliphatic heterocycles. The molecule has 0 bridgehead atoms. The average molecular weight is 112 g/mol. The summed E-state index contributed by atoms with van der Waals surface area (Å²) in [5, 5.41) is 0. The van der Waals surface area contributed by atoms with Crippen molar-refractivity contribution in [3.8, 4) is 0 Å². The Morgan fingerprint density at radius 2 is 2.00 bits per heavy atom. The largest absolute Gasteiger partial charge is 0.295 e. The summed E-state index contributed by atoms with van der Waals surface area (Å²) in [4.78, 5) is 10.3. The Bertz CT molecular complexity index is 112. The molecule has 0 aliphatic rings. The maximum absolute atomic E-state index is 10.3. The van der Waals surface area contributed by atoms with Gasteiger partial charge in [-0.05, 0) is 26.3 Å². The first kappa shape index (κ1) is 7.41. The summed E-state index contributed by atoms with van der Waals surface area (Å²) in [7, 11) is 0. The average Bonchev–Trinajstić information content (AvgIpc) is 1.65. The van der Waals surface area contributed by atoms with Gasteiger partial charge in [0.05, 0.1) is 0 Å². The van der Waals surface area contributed by atoms with E-state index in [0.29, 0.717) is 0 Å². The Hall–Kier alpha value is -0.590. The van der Waals surface area contributed by atoms with E-state index >= 15 is 0 Å². The zero-order valence-electron chi connectivity index (χ0n) is 5.69. The molecule has 0 fully saturated rings. The Morgan fingerprint density at radius 1 is 1.50 bits per heavy atom. The highest BCUT2D eigenvalue weighted by Crippen LogP contribution is 1.96. The zero-order chi connectivity index (χ0) is 6.57. The van der Waals surface area contributed by atoms with Crippen molar-refractivity contribution < 1.29 is 4.79 Å². The van der Waals surface area contributed by atoms with Crippen molar-refractivity contribution in [1.82, 2.24) is 0 Å². The number of hydrogen-bond acceptors (Lipinski definition) is 1. The van der Waals surface area contributed by atoms with Crippen molar-refractivity contribution in [3.05, 3.63) is 11.6 Å². The minimum atomic E-state index is 0.143. The molecule has 0 saturated carbocycles. The lowest BCUT2D eigenvalue weighted by Gasteiger charge is -1.88. The summed E-state index contributed by atoms with van der Waals surface area (Å²) in [6, 6.07) is 0. The van der Waals surface area contributed by atoms with Crippen LogP contribution < -0.4 is 0 Å². The van der Waals surface area contributed by atoms with Crippen LogP contribution in [0.3, 0.4) is 0 Å². The zero-order valence-corrected chi connectivity index (χ0v) is 5.69. The predicted molar refractivity (Wildman–Crippen MR) is 34.7 cm³/mol. The van der Waals surface area contributed by atoms with E-state index in [-0.39, 0.29) is 5.78 Å². The van der Waals surface area contributed by atoms with E-state index in [9.17, 15) is 4.79 Å². The molecule has 0 N–H and O–H groups in total. The van der Waals surface area contributed by atoms with E-state index in [1.807, 2.05) is 13.8 Å². The molecule has 1 heteroatoms. The molecule has 46 valence electrons. The second-order valence-electron chi connectivity index (χ2n) is 1.95. The van der Waals surface area contributed by atoms with Gasteiger partial charge < -0.3 is 0 Å². The van der Waals surface area contributed by atoms with E-state index in [1.54, 1.807) is 13.0 Å². The van der Waals surface area contributed by atoms with Crippen molar-refractivity contribution in [2.24, 2.45) is 0 Å². The first-order valence-electron chi connectivity index (χ1n) is 2.84. The quantitative estimate of drug-likeness (QED) is 0.499. The minimum Gasteiger partial charge on any atom is -0.295 e. The van der Waals surface area contributed by atoms with Crippen LogP contribution in [0, 0.1) is 0 Å². The molecule has 1 nitrogen and oxygen atoms in total. The van der Waals surface area contributed by atoms with E-state index in [4.69, 9.17) is 0 Å². The van der Waals surface area contributed by atoms with E-state index in [2.05, 4.69) is 0 Å². The second-order valence-corrected chi connectivity index (χ2v) is 1.95. The fourth-order valence-electron chi connectivity index (χ4n) is 0.449. The highest BCUT2D eigenvalue weighted by atomic mass is 16.1. The summed E-state index contributed by atoms with van der Waals surface area (Å²) in [5.74, 6) is 0.143. The predicted octanol–water partition coefficient (Wildman–Crippen LogP) is 1.93. The summed E-state index contributed by atoms with van der Waals surface area (Å²) < 4.78 is 0. The molecular weight excluding hydrogens is 100 g/mol. The van der Waals surface area contributed by atoms with Crippen LogP contribution in [-0.4, -0.2) is 5.78 Å². The molecule has 0 aromatic rings. The van der Waals surface area contributed by atoms with Gasteiger partial charge in [0.25, 0.3) is 0 Å². The van der Waals surface area contributed by atoms with Crippen molar-refractivity contribution in [3.63, 3.8) is 0 Å². The minimum absolute atomic E-state index is 0.143. The second kappa shape index (κ2) is 3.42. The van der Waals surface area contributed by atoms with Gasteiger partial charge in [-0.15, -0.1) is 0 Å². The summed E-state index contributed by atoms with van der Waals surface area (Å²) >= 11 is 0. The van der Waals surface area contributed by atoms with Crippen LogP contribution in [0.5, 0.6) is 0 Å². The number of hydrogen-bond donors (Lipinski definition) is 0. The van der Waals surface area contributed by atoms with Crippen LogP contribution in [-0.2, 0) is 4.79 Å². The van der Waals surface area contributed by atoms with Crippen LogP contribution in [0.15, 0.2) is 11.6 Å². The molecule has 0 rings (SSSR count). The van der Waals surface area contributed by atoms with Gasteiger partial charge in [-0.25, -0.2) is 0 Å². The molecule has 0 spiro atoms. The lowest BCUT2D eigenvalue weighted by molar-refractivity contribution is -0.112. The molecule has 0 amide bonds. The van der Waals surface area contributed by atoms with Crippen LogP contribution >= 0.6 is 0 Å². The highest BCUT2D eigenvalue weighted by Gasteiger charge is 1.85. The number of rotatable bonds is 2. The normalized spacial score (nSPS) is 11.6. The Labute approximate surface area is 50.4 Å². The number of ketones is 1. The first-order valence-corrected chi connectivity index (χ1v) is 2.84. The molecule has 0 heterocycles. The highest BCUT2D eigenvalue weighted by molar-refractivity contribution is 5.87. The smallest absolute Gasteiger partial charge is 0.152 e. The third-order valence-corrected chi connectivity index (χ3v) is 1.01. The summed E-state index contributed by atoms with van der Waals surface area (Å²) in [6.07, 6.45) is 2.64. The molecule has 8 heavy (non-hydrogen) atoms. The molecule has 0 radical (unpaired) electrons. The third-order valence-electron chi connectivity index (χ3n) is 1.01. The number of carbonyl (C=O) groups excluding carboxylic acids is 1. The van der Waals surface area contributed by atoms with E-state index < -0.39 is 0 Å². The number of carbonyl (C=O) groups is 1. The molecular formula is C7H12O. The maximum Gasteiger partial charge on any atom is 0.152 e. The van der Waals surface area contributed by atoms with Gasteiger partial charge in [0.2, 0.25) is 0 Å². The third kappa shape index (κ3) is 3.59. The Kier molecular flexibility index (Phi) is 3.16. The topological polar surface area (TPSA) is 17.1 Å². The van der Waals surface area contributed by atoms with Gasteiger partial charge in [0.15, 0.2) is 5.78 Å². The Balaban J connectivity index is 3.75. The maximum atomic E-state index is 10.3. The van der Waals surface area contributed by atoms with E-state index in [0.717, 1.165) is 12.0 Å². The molecule has 0 aromatic heterocycles. The van der Waals surface area contributed by atoms with Gasteiger partial charge in [-0.2, -0.15) is 0 Å². The fraction of sp³-hybridized carbons (Fsp3) is 0.571. The van der Waals surface area contributed by atoms with Gasteiger partial charge in [-0.1, -0.05) is 12.5 Å². The van der Waals surface area contributed by atoms with Crippen molar-refractivity contribution in [2.75, 3.05) is 0 Å². The van der Waals surface area contributed by atoms with E-state index in [1.165, 1.54) is 0 Å². The number of allylic oxidation sites excluding steroid dienone is 2. The van der Waals surface area contributed by atoms with Crippen molar-refractivity contribution in [2.45, 2.75) is 27.2 Å². The van der Waals surface area contributed by atoms with Gasteiger partial charge >= 0.3 is 0 Å². The summed E-state index contributed by atoms with van der Waals surface area (Å²) in [5.41, 5.74) is 1.15. The van der Waals surface area contributed by atoms with Gasteiger partial charge in [0.1, 0.15) is 0 Å². The molecule has 0 aliphatic carbocycles. The molecule has 0 atom stereocenters. The van der Waals surface area contributed by atoms with Crippen LogP contribution in [0.2, 0.25) is 0 Å². The molecule has 0 saturated heterocycles. The fourth-order valence-corrected chi connectivity index (χ4v) is 0.449. The van der Waals surface area contributed by atoms with Crippen molar-refractivity contribution >= 4 is 5.78 Å². The van der Waals surface area contributed by atoms with Gasteiger partial charge in [-0.3, -0.25) is 4.79 Å². The monoisotopic (exact) mass is 112 g/mol. The first-order chi connectivity index (χ1) is 3.66. The van der Waals surface area contributed by atoms with Crippen LogP contribution in [0.4, 0.5) is 0 Å². The van der Waals surface area contributed by atoms with Gasteiger partial charge in [0, 0.05) is 0 Å². The molecule has 0 aromatic carbocycles. The molecule has 0 unspecified atom stereocenters. The standard InChI is InChI=1S/C7H12O/c1-4-6(2)5-7(3)8/h5H,4H2,1-3H3. The lowest BCUT2D eigenvalue weighted by atomic mass is 10.2. The summed E-state index contributed by atoms with van der Waals surface area (Å²) in [6.45, 7) is 5.56. The van der Waals surface area contributed by atoms with Crippen LogP contribution in [0.25, 0.3) is 0 Å².